The quantitative estimate of drug-likeness (QED) is 0.833. The summed E-state index contributed by atoms with van der Waals surface area (Å²) in [5, 5.41) is 3.60. The Morgan fingerprint density at radius 2 is 1.74 bits per heavy atom. The molecule has 5 heteroatoms. The Bertz CT molecular complexity index is 810. The highest BCUT2D eigenvalue weighted by atomic mass is 15.3. The second-order valence-corrected chi connectivity index (χ2v) is 8.61. The van der Waals surface area contributed by atoms with Crippen LogP contribution in [0.25, 0.3) is 0 Å². The largest absolute Gasteiger partial charge is 0.340 e. The highest BCUT2D eigenvalue weighted by molar-refractivity contribution is 5.63. The van der Waals surface area contributed by atoms with Gasteiger partial charge >= 0.3 is 0 Å². The summed E-state index contributed by atoms with van der Waals surface area (Å²) in [4.78, 5) is 11.6. The highest BCUT2D eigenvalue weighted by Gasteiger charge is 2.28. The van der Waals surface area contributed by atoms with Crippen LogP contribution in [0.2, 0.25) is 0 Å². The van der Waals surface area contributed by atoms with Crippen LogP contribution in [0, 0.1) is 6.92 Å². The molecule has 0 spiro atoms. The van der Waals surface area contributed by atoms with Gasteiger partial charge in [-0.05, 0) is 80.5 Å². The van der Waals surface area contributed by atoms with Gasteiger partial charge in [-0.2, -0.15) is 4.98 Å². The molecule has 0 unspecified atom stereocenters. The molecule has 0 bridgehead atoms. The third-order valence-electron chi connectivity index (χ3n) is 6.04. The molecule has 0 amide bonds. The standard InChI is InChI=1S/C22H29N5/c1-14-12-24-22(27-8-2-3-19(23)13-27)26-21(14)25-20-10-17(15-4-5-15)9-18(11-20)16-6-7-16/h9-12,15-16,19H,2-8,13,23H2,1H3,(H,24,25,26)/t19-/m0/s1. The average Bonchev–Trinajstić information content (AvgIpc) is 3.56. The molecule has 27 heavy (non-hydrogen) atoms. The molecule has 3 aliphatic rings. The van der Waals surface area contributed by atoms with E-state index in [0.717, 1.165) is 55.1 Å². The van der Waals surface area contributed by atoms with Gasteiger partial charge in [0.1, 0.15) is 5.82 Å². The molecule has 1 aromatic heterocycles. The van der Waals surface area contributed by atoms with Crippen LogP contribution in [0.5, 0.6) is 0 Å². The number of benzene rings is 1. The number of nitrogens with zero attached hydrogens (tertiary/aromatic N) is 3. The number of aryl methyl sites for hydroxylation is 1. The van der Waals surface area contributed by atoms with Crippen molar-refractivity contribution >= 4 is 17.5 Å². The molecular weight excluding hydrogens is 334 g/mol. The van der Waals surface area contributed by atoms with Crippen molar-refractivity contribution < 1.29 is 0 Å². The molecule has 5 rings (SSSR count). The molecule has 0 radical (unpaired) electrons. The van der Waals surface area contributed by atoms with Gasteiger partial charge in [0.15, 0.2) is 0 Å². The number of nitrogens with two attached hydrogens (primary N) is 1. The van der Waals surface area contributed by atoms with Crippen LogP contribution in [0.15, 0.2) is 24.4 Å². The lowest BCUT2D eigenvalue weighted by molar-refractivity contribution is 0.500. The molecule has 2 aliphatic carbocycles. The highest BCUT2D eigenvalue weighted by Crippen LogP contribution is 2.46. The van der Waals surface area contributed by atoms with Crippen molar-refractivity contribution in [3.63, 3.8) is 0 Å². The van der Waals surface area contributed by atoms with Crippen molar-refractivity contribution in [1.82, 2.24) is 9.97 Å². The summed E-state index contributed by atoms with van der Waals surface area (Å²) in [5.74, 6) is 3.23. The first-order valence-corrected chi connectivity index (χ1v) is 10.4. The fourth-order valence-electron chi connectivity index (χ4n) is 4.09. The smallest absolute Gasteiger partial charge is 0.227 e. The maximum absolute atomic E-state index is 6.14. The topological polar surface area (TPSA) is 67.1 Å². The normalized spacial score (nSPS) is 22.7. The van der Waals surface area contributed by atoms with Gasteiger partial charge in [-0.1, -0.05) is 6.07 Å². The van der Waals surface area contributed by atoms with Crippen LogP contribution < -0.4 is 16.0 Å². The fraction of sp³-hybridized carbons (Fsp3) is 0.545. The Kier molecular flexibility index (Phi) is 4.27. The minimum Gasteiger partial charge on any atom is -0.340 e. The van der Waals surface area contributed by atoms with Gasteiger partial charge in [-0.15, -0.1) is 0 Å². The summed E-state index contributed by atoms with van der Waals surface area (Å²) < 4.78 is 0. The SMILES string of the molecule is Cc1cnc(N2CCC[C@H](N)C2)nc1Nc1cc(C2CC2)cc(C2CC2)c1. The van der Waals surface area contributed by atoms with E-state index in [4.69, 9.17) is 10.7 Å². The summed E-state index contributed by atoms with van der Waals surface area (Å²) in [6, 6.07) is 7.30. The van der Waals surface area contributed by atoms with Crippen LogP contribution in [-0.2, 0) is 0 Å². The third kappa shape index (κ3) is 3.79. The molecule has 2 aromatic rings. The summed E-state index contributed by atoms with van der Waals surface area (Å²) in [5.41, 5.74) is 11.4. The van der Waals surface area contributed by atoms with Gasteiger partial charge < -0.3 is 16.0 Å². The van der Waals surface area contributed by atoms with Crippen molar-refractivity contribution in [1.29, 1.82) is 0 Å². The Hall–Kier alpha value is -2.14. The van der Waals surface area contributed by atoms with Crippen LogP contribution >= 0.6 is 0 Å². The molecule has 142 valence electrons. The Morgan fingerprint density at radius 1 is 1.04 bits per heavy atom. The van der Waals surface area contributed by atoms with Gasteiger partial charge in [0.2, 0.25) is 5.95 Å². The second kappa shape index (κ2) is 6.79. The number of nitrogens with one attached hydrogen (secondary N) is 1. The van der Waals surface area contributed by atoms with Crippen LogP contribution in [0.3, 0.4) is 0 Å². The minimum atomic E-state index is 0.219. The van der Waals surface area contributed by atoms with Gasteiger partial charge in [-0.25, -0.2) is 4.98 Å². The molecule has 1 aromatic carbocycles. The first-order valence-electron chi connectivity index (χ1n) is 10.4. The van der Waals surface area contributed by atoms with E-state index in [-0.39, 0.29) is 6.04 Å². The van der Waals surface area contributed by atoms with Gasteiger partial charge in [0.25, 0.3) is 0 Å². The Morgan fingerprint density at radius 3 is 2.37 bits per heavy atom. The number of hydrogen-bond acceptors (Lipinski definition) is 5. The fourth-order valence-corrected chi connectivity index (χ4v) is 4.09. The van der Waals surface area contributed by atoms with Crippen LogP contribution in [0.1, 0.15) is 67.1 Å². The van der Waals surface area contributed by atoms with E-state index < -0.39 is 0 Å². The van der Waals surface area contributed by atoms with E-state index in [2.05, 4.69) is 40.3 Å². The molecule has 2 saturated carbocycles. The first kappa shape index (κ1) is 17.0. The van der Waals surface area contributed by atoms with E-state index >= 15 is 0 Å². The minimum absolute atomic E-state index is 0.219. The Labute approximate surface area is 161 Å². The molecule has 2 heterocycles. The zero-order valence-corrected chi connectivity index (χ0v) is 16.1. The molecule has 1 aliphatic heterocycles. The van der Waals surface area contributed by atoms with E-state index in [1.165, 1.54) is 42.5 Å². The average molecular weight is 364 g/mol. The summed E-state index contributed by atoms with van der Waals surface area (Å²) in [6.07, 6.45) is 9.45. The van der Waals surface area contributed by atoms with E-state index in [9.17, 15) is 0 Å². The van der Waals surface area contributed by atoms with Crippen molar-refractivity contribution in [2.75, 3.05) is 23.3 Å². The molecule has 1 atom stereocenters. The van der Waals surface area contributed by atoms with E-state index in [0.29, 0.717) is 0 Å². The van der Waals surface area contributed by atoms with Gasteiger partial charge in [0, 0.05) is 36.6 Å². The molecule has 5 nitrogen and oxygen atoms in total. The maximum atomic E-state index is 6.14. The monoisotopic (exact) mass is 363 g/mol. The molecule has 3 fully saturated rings. The van der Waals surface area contributed by atoms with Crippen molar-refractivity contribution in [2.24, 2.45) is 5.73 Å². The number of hydrogen-bond donors (Lipinski definition) is 2. The van der Waals surface area contributed by atoms with Crippen molar-refractivity contribution in [3.8, 4) is 0 Å². The number of piperidine rings is 1. The molecule has 3 N–H and O–H groups in total. The molecule has 1 saturated heterocycles. The van der Waals surface area contributed by atoms with E-state index in [1.54, 1.807) is 0 Å². The molecular formula is C22H29N5. The predicted octanol–water partition coefficient (Wildman–Crippen LogP) is 4.21. The zero-order chi connectivity index (χ0) is 18.4. The number of anilines is 3. The summed E-state index contributed by atoms with van der Waals surface area (Å²) >= 11 is 0. The van der Waals surface area contributed by atoms with E-state index in [1.807, 2.05) is 6.20 Å². The van der Waals surface area contributed by atoms with Gasteiger partial charge in [-0.3, -0.25) is 0 Å². The predicted molar refractivity (Wildman–Crippen MR) is 110 cm³/mol. The first-order chi connectivity index (χ1) is 13.2. The van der Waals surface area contributed by atoms with Crippen LogP contribution in [-0.4, -0.2) is 29.1 Å². The lowest BCUT2D eigenvalue weighted by Gasteiger charge is -2.31. The van der Waals surface area contributed by atoms with Crippen LogP contribution in [0.4, 0.5) is 17.5 Å². The summed E-state index contributed by atoms with van der Waals surface area (Å²) in [7, 11) is 0. The van der Waals surface area contributed by atoms with Crippen molar-refractivity contribution in [3.05, 3.63) is 41.1 Å². The zero-order valence-electron chi connectivity index (χ0n) is 16.1. The number of rotatable bonds is 5. The van der Waals surface area contributed by atoms with Crippen molar-refractivity contribution in [2.45, 2.75) is 63.3 Å². The maximum Gasteiger partial charge on any atom is 0.227 e. The summed E-state index contributed by atoms with van der Waals surface area (Å²) in [6.45, 7) is 3.89. The third-order valence-corrected chi connectivity index (χ3v) is 6.04. The lowest BCUT2D eigenvalue weighted by Crippen LogP contribution is -2.43. The van der Waals surface area contributed by atoms with Gasteiger partial charge in [0.05, 0.1) is 0 Å². The number of aromatic nitrogens is 2. The second-order valence-electron chi connectivity index (χ2n) is 8.61. The Balaban J connectivity index is 1.42. The lowest BCUT2D eigenvalue weighted by atomic mass is 10.0.